The van der Waals surface area contributed by atoms with Gasteiger partial charge in [0.2, 0.25) is 11.6 Å². The number of nitrogens with one attached hydrogen (secondary N) is 2. The normalized spacial score (nSPS) is 10.5. The number of aromatic nitrogens is 3. The molecule has 0 amide bonds. The summed E-state index contributed by atoms with van der Waals surface area (Å²) >= 11 is 0. The van der Waals surface area contributed by atoms with E-state index < -0.39 is 10.9 Å². The van der Waals surface area contributed by atoms with E-state index in [2.05, 4.69) is 25.6 Å². The molecule has 2 heterocycles. The maximum atomic E-state index is 12.0. The molecule has 154 valence electrons. The van der Waals surface area contributed by atoms with Gasteiger partial charge in [0.15, 0.2) is 0 Å². The summed E-state index contributed by atoms with van der Waals surface area (Å²) in [5, 5.41) is 17.4. The molecule has 10 nitrogen and oxygen atoms in total. The van der Waals surface area contributed by atoms with Crippen LogP contribution < -0.4 is 10.6 Å². The van der Waals surface area contributed by atoms with Crippen LogP contribution in [0.3, 0.4) is 0 Å². The van der Waals surface area contributed by atoms with Gasteiger partial charge in [0.25, 0.3) is 0 Å². The molecule has 1 aromatic carbocycles. The fourth-order valence-electron chi connectivity index (χ4n) is 2.46. The van der Waals surface area contributed by atoms with Crippen LogP contribution >= 0.6 is 0 Å². The first-order valence-electron chi connectivity index (χ1n) is 9.14. The van der Waals surface area contributed by atoms with Gasteiger partial charge >= 0.3 is 11.7 Å². The molecule has 10 heteroatoms. The average molecular weight is 408 g/mol. The number of hydrogen-bond donors (Lipinski definition) is 2. The second kappa shape index (κ2) is 9.41. The van der Waals surface area contributed by atoms with E-state index in [0.29, 0.717) is 23.5 Å². The molecule has 0 unspecified atom stereocenters. The first kappa shape index (κ1) is 20.6. The number of nitro groups is 1. The Bertz CT molecular complexity index is 1030. The highest BCUT2D eigenvalue weighted by molar-refractivity contribution is 5.90. The molecule has 0 saturated carbocycles. The summed E-state index contributed by atoms with van der Waals surface area (Å²) in [6, 6.07) is 9.79. The third kappa shape index (κ3) is 5.25. The van der Waals surface area contributed by atoms with Gasteiger partial charge in [-0.05, 0) is 42.3 Å². The number of carbonyl (C=O) groups is 1. The minimum atomic E-state index is -0.571. The summed E-state index contributed by atoms with van der Waals surface area (Å²) in [6.45, 7) is 4.23. The van der Waals surface area contributed by atoms with Crippen molar-refractivity contribution in [3.05, 3.63) is 70.8 Å². The van der Waals surface area contributed by atoms with Crippen LogP contribution in [0, 0.1) is 16.0 Å². The predicted molar refractivity (Wildman–Crippen MR) is 111 cm³/mol. The van der Waals surface area contributed by atoms with Gasteiger partial charge in [0.05, 0.1) is 29.0 Å². The van der Waals surface area contributed by atoms with Gasteiger partial charge in [0, 0.05) is 11.9 Å². The van der Waals surface area contributed by atoms with Gasteiger partial charge in [-0.2, -0.15) is 0 Å². The molecule has 0 aliphatic carbocycles. The SMILES string of the molecule is CC(C)COC(=O)c1ccc(Nc2ncnc(Nc3cccnc3)c2[N+](=O)[O-])cc1. The zero-order valence-corrected chi connectivity index (χ0v) is 16.4. The topological polar surface area (TPSA) is 132 Å². The maximum Gasteiger partial charge on any atom is 0.353 e. The fourth-order valence-corrected chi connectivity index (χ4v) is 2.46. The highest BCUT2D eigenvalue weighted by Gasteiger charge is 2.23. The van der Waals surface area contributed by atoms with E-state index >= 15 is 0 Å². The van der Waals surface area contributed by atoms with Crippen LogP contribution in [0.4, 0.5) is 28.7 Å². The van der Waals surface area contributed by atoms with E-state index in [4.69, 9.17) is 4.74 Å². The van der Waals surface area contributed by atoms with E-state index in [0.717, 1.165) is 0 Å². The van der Waals surface area contributed by atoms with Gasteiger partial charge in [-0.25, -0.2) is 14.8 Å². The fraction of sp³-hybridized carbons (Fsp3) is 0.200. The molecule has 0 aliphatic rings. The van der Waals surface area contributed by atoms with Crippen LogP contribution in [-0.2, 0) is 4.74 Å². The number of esters is 1. The van der Waals surface area contributed by atoms with Crippen LogP contribution in [0.5, 0.6) is 0 Å². The summed E-state index contributed by atoms with van der Waals surface area (Å²) in [4.78, 5) is 35.0. The zero-order chi connectivity index (χ0) is 21.5. The van der Waals surface area contributed by atoms with Crippen molar-refractivity contribution < 1.29 is 14.5 Å². The van der Waals surface area contributed by atoms with Crippen molar-refractivity contribution in [2.24, 2.45) is 5.92 Å². The Balaban J connectivity index is 1.80. The summed E-state index contributed by atoms with van der Waals surface area (Å²) in [5.74, 6) is -0.148. The van der Waals surface area contributed by atoms with Crippen molar-refractivity contribution in [3.63, 3.8) is 0 Å². The number of benzene rings is 1. The lowest BCUT2D eigenvalue weighted by Crippen LogP contribution is -2.10. The van der Waals surface area contributed by atoms with Gasteiger partial charge < -0.3 is 15.4 Å². The molecule has 30 heavy (non-hydrogen) atoms. The molecule has 0 aliphatic heterocycles. The lowest BCUT2D eigenvalue weighted by molar-refractivity contribution is -0.383. The van der Waals surface area contributed by atoms with E-state index in [1.165, 1.54) is 12.5 Å². The van der Waals surface area contributed by atoms with Crippen LogP contribution in [-0.4, -0.2) is 32.5 Å². The summed E-state index contributed by atoms with van der Waals surface area (Å²) in [6.07, 6.45) is 4.33. The van der Waals surface area contributed by atoms with Gasteiger partial charge in [-0.3, -0.25) is 15.1 Å². The van der Waals surface area contributed by atoms with Crippen molar-refractivity contribution >= 4 is 34.7 Å². The average Bonchev–Trinajstić information content (AvgIpc) is 2.73. The van der Waals surface area contributed by atoms with Crippen LogP contribution in [0.15, 0.2) is 55.1 Å². The molecular weight excluding hydrogens is 388 g/mol. The smallest absolute Gasteiger partial charge is 0.353 e. The van der Waals surface area contributed by atoms with Crippen molar-refractivity contribution in [2.75, 3.05) is 17.2 Å². The first-order chi connectivity index (χ1) is 14.4. The van der Waals surface area contributed by atoms with E-state index in [-0.39, 0.29) is 23.2 Å². The molecule has 3 aromatic rings. The van der Waals surface area contributed by atoms with E-state index in [1.807, 2.05) is 13.8 Å². The summed E-state index contributed by atoms with van der Waals surface area (Å²) < 4.78 is 5.19. The van der Waals surface area contributed by atoms with Crippen LogP contribution in [0.2, 0.25) is 0 Å². The van der Waals surface area contributed by atoms with Crippen molar-refractivity contribution in [1.29, 1.82) is 0 Å². The second-order valence-electron chi connectivity index (χ2n) is 6.74. The van der Waals surface area contributed by atoms with Gasteiger partial charge in [-0.1, -0.05) is 13.8 Å². The highest BCUT2D eigenvalue weighted by atomic mass is 16.6. The standard InChI is InChI=1S/C20H20N6O4/c1-13(2)11-30-20(27)14-5-7-15(8-6-14)24-18-17(26(28)29)19(23-12-22-18)25-16-4-3-9-21-10-16/h3-10,12-13H,11H2,1-2H3,(H2,22,23,24,25). The Kier molecular flexibility index (Phi) is 6.48. The lowest BCUT2D eigenvalue weighted by atomic mass is 10.2. The molecule has 0 saturated heterocycles. The number of ether oxygens (including phenoxy) is 1. The minimum absolute atomic E-state index is 0.0107. The number of carbonyl (C=O) groups excluding carboxylic acids is 1. The number of nitrogens with zero attached hydrogens (tertiary/aromatic N) is 4. The number of pyridine rings is 1. The van der Waals surface area contributed by atoms with Crippen molar-refractivity contribution in [1.82, 2.24) is 15.0 Å². The minimum Gasteiger partial charge on any atom is -0.462 e. The Morgan fingerprint density at radius 2 is 1.77 bits per heavy atom. The van der Waals surface area contributed by atoms with E-state index in [1.54, 1.807) is 42.6 Å². The predicted octanol–water partition coefficient (Wildman–Crippen LogP) is 4.08. The van der Waals surface area contributed by atoms with Crippen LogP contribution in [0.1, 0.15) is 24.2 Å². The molecule has 2 N–H and O–H groups in total. The van der Waals surface area contributed by atoms with Crippen molar-refractivity contribution in [3.8, 4) is 0 Å². The monoisotopic (exact) mass is 408 g/mol. The maximum absolute atomic E-state index is 12.0. The first-order valence-corrected chi connectivity index (χ1v) is 9.14. The number of rotatable bonds is 8. The number of hydrogen-bond acceptors (Lipinski definition) is 9. The van der Waals surface area contributed by atoms with Crippen LogP contribution in [0.25, 0.3) is 0 Å². The highest BCUT2D eigenvalue weighted by Crippen LogP contribution is 2.32. The molecule has 3 rings (SSSR count). The molecule has 2 aromatic heterocycles. The quantitative estimate of drug-likeness (QED) is 0.321. The summed E-state index contributed by atoms with van der Waals surface area (Å²) in [7, 11) is 0. The molecule has 0 bridgehead atoms. The third-order valence-corrected chi connectivity index (χ3v) is 3.86. The largest absolute Gasteiger partial charge is 0.462 e. The van der Waals surface area contributed by atoms with Gasteiger partial charge in [0.1, 0.15) is 6.33 Å². The number of anilines is 4. The summed E-state index contributed by atoms with van der Waals surface area (Å²) in [5.41, 5.74) is 1.14. The molecule has 0 atom stereocenters. The molecule has 0 spiro atoms. The van der Waals surface area contributed by atoms with E-state index in [9.17, 15) is 14.9 Å². The molecule has 0 radical (unpaired) electrons. The zero-order valence-electron chi connectivity index (χ0n) is 16.4. The Labute approximate surface area is 172 Å². The van der Waals surface area contributed by atoms with Gasteiger partial charge in [-0.15, -0.1) is 0 Å². The lowest BCUT2D eigenvalue weighted by Gasteiger charge is -2.11. The molecule has 0 fully saturated rings. The Hall–Kier alpha value is -4.08. The Morgan fingerprint density at radius 1 is 1.10 bits per heavy atom. The third-order valence-electron chi connectivity index (χ3n) is 3.86. The van der Waals surface area contributed by atoms with Crippen molar-refractivity contribution in [2.45, 2.75) is 13.8 Å². The molecular formula is C20H20N6O4. The Morgan fingerprint density at radius 3 is 2.33 bits per heavy atom. The second-order valence-corrected chi connectivity index (χ2v) is 6.74.